The van der Waals surface area contributed by atoms with Crippen molar-refractivity contribution in [3.63, 3.8) is 0 Å². The Balaban J connectivity index is 1.96. The number of phenols is 1. The average molecular weight is 337 g/mol. The fraction of sp³-hybridized carbons (Fsp3) is 0.286. The molecule has 0 bridgehead atoms. The molecule has 1 heterocycles. The van der Waals surface area contributed by atoms with Crippen LogP contribution in [0.3, 0.4) is 0 Å². The van der Waals surface area contributed by atoms with Gasteiger partial charge in [-0.2, -0.15) is 0 Å². The predicted octanol–water partition coefficient (Wildman–Crippen LogP) is 4.05. The van der Waals surface area contributed by atoms with E-state index in [1.54, 1.807) is 11.0 Å². The quantitative estimate of drug-likeness (QED) is 0.860. The first kappa shape index (κ1) is 17.1. The van der Waals surface area contributed by atoms with Gasteiger partial charge in [0.1, 0.15) is 6.61 Å². The van der Waals surface area contributed by atoms with Crippen LogP contribution < -0.4 is 4.74 Å². The number of amides is 1. The lowest BCUT2D eigenvalue weighted by atomic mass is 9.98. The number of benzene rings is 2. The minimum Gasteiger partial charge on any atom is -0.504 e. The van der Waals surface area contributed by atoms with Gasteiger partial charge in [-0.05, 0) is 42.7 Å². The average Bonchev–Trinajstić information content (AvgIpc) is 2.83. The number of fused-ring (bicyclic) bond motifs is 1. The molecule has 0 fully saturated rings. The van der Waals surface area contributed by atoms with Crippen LogP contribution in [0.25, 0.3) is 11.1 Å². The largest absolute Gasteiger partial charge is 0.504 e. The van der Waals surface area contributed by atoms with Crippen LogP contribution in [0.5, 0.6) is 11.5 Å². The highest BCUT2D eigenvalue weighted by Gasteiger charge is 2.22. The summed E-state index contributed by atoms with van der Waals surface area (Å²) in [4.78, 5) is 14.2. The molecule has 3 rings (SSSR count). The molecule has 25 heavy (non-hydrogen) atoms. The molecule has 1 N–H and O–H groups in total. The maximum Gasteiger partial charge on any atom is 0.226 e. The van der Waals surface area contributed by atoms with Crippen molar-refractivity contribution in [1.29, 1.82) is 0 Å². The Morgan fingerprint density at radius 3 is 2.88 bits per heavy atom. The van der Waals surface area contributed by atoms with Gasteiger partial charge in [0, 0.05) is 18.5 Å². The van der Waals surface area contributed by atoms with Crippen molar-refractivity contribution < 1.29 is 14.6 Å². The summed E-state index contributed by atoms with van der Waals surface area (Å²) in [5.74, 6) is 0.674. The molecule has 0 atom stereocenters. The van der Waals surface area contributed by atoms with Gasteiger partial charge in [-0.3, -0.25) is 4.79 Å². The van der Waals surface area contributed by atoms with Crippen LogP contribution in [0.2, 0.25) is 0 Å². The van der Waals surface area contributed by atoms with Gasteiger partial charge >= 0.3 is 0 Å². The molecule has 1 aliphatic heterocycles. The number of ether oxygens (including phenoxy) is 1. The molecular weight excluding hydrogens is 314 g/mol. The van der Waals surface area contributed by atoms with E-state index in [9.17, 15) is 9.90 Å². The number of phenolic OH excluding ortho intramolecular Hbond substituents is 1. The van der Waals surface area contributed by atoms with Gasteiger partial charge in [0.2, 0.25) is 5.91 Å². The second-order valence-corrected chi connectivity index (χ2v) is 6.24. The number of hydrogen-bond acceptors (Lipinski definition) is 3. The Bertz CT molecular complexity index is 811. The molecule has 0 spiro atoms. The van der Waals surface area contributed by atoms with Gasteiger partial charge in [0.05, 0.1) is 6.54 Å². The first-order valence-corrected chi connectivity index (χ1v) is 8.53. The van der Waals surface area contributed by atoms with Crippen LogP contribution in [0.4, 0.5) is 0 Å². The third-order valence-electron chi connectivity index (χ3n) is 4.45. The number of aryl methyl sites for hydroxylation is 1. The third-order valence-corrected chi connectivity index (χ3v) is 4.45. The number of carbonyl (C=O) groups excluding carboxylic acids is 1. The lowest BCUT2D eigenvalue weighted by Crippen LogP contribution is -2.31. The molecule has 130 valence electrons. The van der Waals surface area contributed by atoms with Crippen LogP contribution in [0.1, 0.15) is 24.5 Å². The van der Waals surface area contributed by atoms with Crippen LogP contribution in [-0.4, -0.2) is 29.1 Å². The fourth-order valence-corrected chi connectivity index (χ4v) is 3.11. The van der Waals surface area contributed by atoms with Crippen molar-refractivity contribution in [2.24, 2.45) is 0 Å². The van der Waals surface area contributed by atoms with Crippen LogP contribution in [-0.2, 0) is 11.3 Å². The Kier molecular flexibility index (Phi) is 5.08. The highest BCUT2D eigenvalue weighted by Crippen LogP contribution is 2.38. The zero-order valence-electron chi connectivity index (χ0n) is 14.7. The van der Waals surface area contributed by atoms with Crippen molar-refractivity contribution in [2.75, 3.05) is 13.2 Å². The van der Waals surface area contributed by atoms with E-state index in [1.165, 1.54) is 0 Å². The Morgan fingerprint density at radius 1 is 1.32 bits per heavy atom. The lowest BCUT2D eigenvalue weighted by Gasteiger charge is -2.19. The molecular formula is C21H23NO3. The summed E-state index contributed by atoms with van der Waals surface area (Å²) in [5.41, 5.74) is 3.97. The van der Waals surface area contributed by atoms with Gasteiger partial charge in [0.25, 0.3) is 0 Å². The molecule has 0 radical (unpaired) electrons. The fourth-order valence-electron chi connectivity index (χ4n) is 3.11. The van der Waals surface area contributed by atoms with Gasteiger partial charge in [-0.15, -0.1) is 0 Å². The Morgan fingerprint density at radius 2 is 2.12 bits per heavy atom. The second kappa shape index (κ2) is 7.43. The molecule has 1 aliphatic rings. The van der Waals surface area contributed by atoms with E-state index in [-0.39, 0.29) is 11.7 Å². The van der Waals surface area contributed by atoms with Gasteiger partial charge < -0.3 is 14.7 Å². The minimum atomic E-state index is 0.0651. The normalized spacial score (nSPS) is 14.1. The van der Waals surface area contributed by atoms with Gasteiger partial charge in [0.15, 0.2) is 11.5 Å². The van der Waals surface area contributed by atoms with E-state index in [0.717, 1.165) is 22.3 Å². The molecule has 0 aliphatic carbocycles. The second-order valence-electron chi connectivity index (χ2n) is 6.24. The van der Waals surface area contributed by atoms with E-state index < -0.39 is 0 Å². The molecule has 2 aromatic rings. The van der Waals surface area contributed by atoms with Crippen molar-refractivity contribution in [3.8, 4) is 22.6 Å². The Hall–Kier alpha value is -2.75. The molecule has 0 saturated carbocycles. The number of allylic oxidation sites excluding steroid dienone is 1. The maximum atomic E-state index is 12.4. The smallest absolute Gasteiger partial charge is 0.226 e. The predicted molar refractivity (Wildman–Crippen MR) is 98.6 cm³/mol. The van der Waals surface area contributed by atoms with E-state index in [2.05, 4.69) is 0 Å². The molecule has 4 heteroatoms. The van der Waals surface area contributed by atoms with Crippen LogP contribution >= 0.6 is 0 Å². The topological polar surface area (TPSA) is 49.8 Å². The first-order chi connectivity index (χ1) is 12.1. The summed E-state index contributed by atoms with van der Waals surface area (Å²) in [6.45, 7) is 5.29. The molecule has 1 amide bonds. The Labute approximate surface area is 148 Å². The van der Waals surface area contributed by atoms with Crippen molar-refractivity contribution in [2.45, 2.75) is 26.8 Å². The van der Waals surface area contributed by atoms with Gasteiger partial charge in [-0.1, -0.05) is 36.4 Å². The highest BCUT2D eigenvalue weighted by atomic mass is 16.5. The summed E-state index contributed by atoms with van der Waals surface area (Å²) >= 11 is 0. The molecule has 0 unspecified atom stereocenters. The van der Waals surface area contributed by atoms with E-state index in [0.29, 0.717) is 31.9 Å². The van der Waals surface area contributed by atoms with Crippen LogP contribution in [0, 0.1) is 6.92 Å². The lowest BCUT2D eigenvalue weighted by molar-refractivity contribution is -0.131. The summed E-state index contributed by atoms with van der Waals surface area (Å²) in [6, 6.07) is 11.8. The summed E-state index contributed by atoms with van der Waals surface area (Å²) in [7, 11) is 0. The molecule has 0 aromatic heterocycles. The zero-order valence-corrected chi connectivity index (χ0v) is 14.7. The zero-order chi connectivity index (χ0) is 17.8. The number of carbonyl (C=O) groups is 1. The van der Waals surface area contributed by atoms with Gasteiger partial charge in [-0.25, -0.2) is 0 Å². The molecule has 2 aromatic carbocycles. The number of nitrogens with zero attached hydrogens (tertiary/aromatic N) is 1. The van der Waals surface area contributed by atoms with Crippen molar-refractivity contribution >= 4 is 5.91 Å². The molecule has 4 nitrogen and oxygen atoms in total. The van der Waals surface area contributed by atoms with Crippen molar-refractivity contribution in [1.82, 2.24) is 4.90 Å². The number of aromatic hydroxyl groups is 1. The van der Waals surface area contributed by atoms with E-state index in [4.69, 9.17) is 4.74 Å². The van der Waals surface area contributed by atoms with E-state index >= 15 is 0 Å². The maximum absolute atomic E-state index is 12.4. The minimum absolute atomic E-state index is 0.0651. The van der Waals surface area contributed by atoms with E-state index in [1.807, 2.05) is 56.3 Å². The van der Waals surface area contributed by atoms with Crippen molar-refractivity contribution in [3.05, 3.63) is 59.7 Å². The summed E-state index contributed by atoms with van der Waals surface area (Å²) in [5, 5.41) is 10.4. The third kappa shape index (κ3) is 3.68. The standard InChI is InChI=1S/C21H23NO3/c1-3-4-9-20(24)22-10-11-25-21-17(14-22)12-16(13-19(21)23)18-8-6-5-7-15(18)2/h3-8,12-13,23H,9-11,14H2,1-2H3. The summed E-state index contributed by atoms with van der Waals surface area (Å²) < 4.78 is 5.72. The first-order valence-electron chi connectivity index (χ1n) is 8.53. The highest BCUT2D eigenvalue weighted by molar-refractivity contribution is 5.78. The SMILES string of the molecule is CC=CCC(=O)N1CCOc2c(O)cc(-c3ccccc3C)cc2C1. The molecule has 0 saturated heterocycles. The number of rotatable bonds is 3. The summed E-state index contributed by atoms with van der Waals surface area (Å²) in [6.07, 6.45) is 4.12. The van der Waals surface area contributed by atoms with Crippen LogP contribution in [0.15, 0.2) is 48.6 Å². The monoisotopic (exact) mass is 337 g/mol. The number of hydrogen-bond donors (Lipinski definition) is 1.